The molecule has 8 aromatic rings. The maximum absolute atomic E-state index is 16.0. The number of para-hydroxylation sites is 4. The molecular formula is C36H23N2O3P. The Balaban J connectivity index is 1.33. The average molecular weight is 563 g/mol. The van der Waals surface area contributed by atoms with E-state index in [-0.39, 0.29) is 0 Å². The Hall–Kier alpha value is -5.25. The maximum atomic E-state index is 16.0. The van der Waals surface area contributed by atoms with E-state index in [0.29, 0.717) is 0 Å². The second-order valence-corrected chi connectivity index (χ2v) is 13.0. The van der Waals surface area contributed by atoms with Crippen molar-refractivity contribution in [2.75, 3.05) is 9.34 Å². The molecule has 0 spiro atoms. The lowest BCUT2D eigenvalue weighted by Crippen LogP contribution is -2.26. The lowest BCUT2D eigenvalue weighted by atomic mass is 10.1. The molecule has 0 bridgehead atoms. The third kappa shape index (κ3) is 3.17. The van der Waals surface area contributed by atoms with Crippen LogP contribution >= 0.6 is 7.44 Å². The van der Waals surface area contributed by atoms with Crippen LogP contribution in [0.1, 0.15) is 0 Å². The van der Waals surface area contributed by atoms with Crippen molar-refractivity contribution in [2.24, 2.45) is 0 Å². The molecule has 3 heterocycles. The van der Waals surface area contributed by atoms with Gasteiger partial charge in [-0.15, -0.1) is 0 Å². The summed E-state index contributed by atoms with van der Waals surface area (Å²) in [5.41, 5.74) is 6.72. The van der Waals surface area contributed by atoms with Crippen LogP contribution in [-0.4, -0.2) is 0 Å². The predicted molar refractivity (Wildman–Crippen MR) is 172 cm³/mol. The molecule has 0 saturated heterocycles. The van der Waals surface area contributed by atoms with E-state index in [1.54, 1.807) is 0 Å². The van der Waals surface area contributed by atoms with E-state index in [1.807, 2.05) is 125 Å². The fourth-order valence-electron chi connectivity index (χ4n) is 6.34. The Bertz CT molecular complexity index is 2230. The van der Waals surface area contributed by atoms with Gasteiger partial charge in [-0.05, 0) is 72.8 Å². The first-order chi connectivity index (χ1) is 20.7. The van der Waals surface area contributed by atoms with Crippen LogP contribution in [0.5, 0.6) is 0 Å². The minimum Gasteiger partial charge on any atom is -0.456 e. The van der Waals surface area contributed by atoms with Gasteiger partial charge in [-0.2, -0.15) is 0 Å². The topological polar surface area (TPSA) is 49.8 Å². The molecule has 0 aliphatic carbocycles. The third-order valence-electron chi connectivity index (χ3n) is 8.18. The number of furan rings is 2. The van der Waals surface area contributed by atoms with Crippen LogP contribution in [0.3, 0.4) is 0 Å². The Labute approximate surface area is 241 Å². The largest absolute Gasteiger partial charge is 0.456 e. The number of nitrogens with zero attached hydrogens (tertiary/aromatic N) is 2. The number of rotatable bonds is 3. The van der Waals surface area contributed by atoms with Crippen molar-refractivity contribution in [2.45, 2.75) is 0 Å². The van der Waals surface area contributed by atoms with E-state index in [9.17, 15) is 0 Å². The Morgan fingerprint density at radius 1 is 0.429 bits per heavy atom. The zero-order valence-electron chi connectivity index (χ0n) is 22.3. The van der Waals surface area contributed by atoms with Crippen LogP contribution < -0.4 is 14.6 Å². The predicted octanol–water partition coefficient (Wildman–Crippen LogP) is 10.3. The summed E-state index contributed by atoms with van der Waals surface area (Å²) in [7, 11) is -3.50. The Morgan fingerprint density at radius 3 is 1.38 bits per heavy atom. The van der Waals surface area contributed by atoms with E-state index in [2.05, 4.69) is 24.3 Å². The summed E-state index contributed by atoms with van der Waals surface area (Å²) in [6.07, 6.45) is 0. The van der Waals surface area contributed by atoms with Crippen molar-refractivity contribution in [3.63, 3.8) is 0 Å². The number of benzene rings is 6. The zero-order valence-corrected chi connectivity index (χ0v) is 23.2. The van der Waals surface area contributed by atoms with Crippen molar-refractivity contribution in [3.05, 3.63) is 140 Å². The first-order valence-corrected chi connectivity index (χ1v) is 15.5. The molecule has 0 radical (unpaired) electrons. The van der Waals surface area contributed by atoms with Crippen molar-refractivity contribution in [3.8, 4) is 0 Å². The van der Waals surface area contributed by atoms with Crippen LogP contribution in [-0.2, 0) is 4.57 Å². The number of hydrogen-bond donors (Lipinski definition) is 0. The van der Waals surface area contributed by atoms with Gasteiger partial charge in [0.1, 0.15) is 22.3 Å². The summed E-state index contributed by atoms with van der Waals surface area (Å²) in [4.78, 5) is 0. The van der Waals surface area contributed by atoms with Crippen LogP contribution in [0, 0.1) is 0 Å². The molecule has 2 aromatic heterocycles. The highest BCUT2D eigenvalue weighted by atomic mass is 31.2. The van der Waals surface area contributed by atoms with Gasteiger partial charge in [0.05, 0.1) is 28.1 Å². The molecule has 42 heavy (non-hydrogen) atoms. The van der Waals surface area contributed by atoms with E-state index in [0.717, 1.165) is 71.9 Å². The second-order valence-electron chi connectivity index (χ2n) is 10.5. The van der Waals surface area contributed by atoms with Crippen LogP contribution in [0.25, 0.3) is 43.9 Å². The summed E-state index contributed by atoms with van der Waals surface area (Å²) < 4.78 is 32.3. The molecule has 0 saturated carbocycles. The van der Waals surface area contributed by atoms with E-state index >= 15 is 4.57 Å². The zero-order chi connectivity index (χ0) is 27.8. The summed E-state index contributed by atoms with van der Waals surface area (Å²) in [6, 6.07) is 46.1. The van der Waals surface area contributed by atoms with E-state index in [4.69, 9.17) is 8.83 Å². The molecule has 0 fully saturated rings. The second kappa shape index (κ2) is 8.62. The molecule has 6 heteroatoms. The number of hydrogen-bond acceptors (Lipinski definition) is 3. The van der Waals surface area contributed by atoms with Gasteiger partial charge in [0.15, 0.2) is 0 Å². The maximum Gasteiger partial charge on any atom is 0.301 e. The van der Waals surface area contributed by atoms with Crippen molar-refractivity contribution < 1.29 is 13.4 Å². The lowest BCUT2D eigenvalue weighted by molar-refractivity contribution is 0.582. The summed E-state index contributed by atoms with van der Waals surface area (Å²) in [5.74, 6) is 0. The third-order valence-corrected chi connectivity index (χ3v) is 11.1. The summed E-state index contributed by atoms with van der Waals surface area (Å²) in [5, 5.41) is 4.79. The smallest absolute Gasteiger partial charge is 0.301 e. The lowest BCUT2D eigenvalue weighted by Gasteiger charge is -2.33. The van der Waals surface area contributed by atoms with Gasteiger partial charge in [0.25, 0.3) is 0 Å². The van der Waals surface area contributed by atoms with Crippen molar-refractivity contribution >= 4 is 79.4 Å². The number of fused-ring (bicyclic) bond motifs is 7. The summed E-state index contributed by atoms with van der Waals surface area (Å²) in [6.45, 7) is 0. The van der Waals surface area contributed by atoms with Gasteiger partial charge in [0.2, 0.25) is 0 Å². The molecule has 1 aliphatic rings. The minimum absolute atomic E-state index is 0.746. The van der Waals surface area contributed by atoms with Crippen LogP contribution in [0.2, 0.25) is 0 Å². The monoisotopic (exact) mass is 562 g/mol. The van der Waals surface area contributed by atoms with Crippen molar-refractivity contribution in [1.29, 1.82) is 0 Å². The van der Waals surface area contributed by atoms with Gasteiger partial charge >= 0.3 is 7.44 Å². The average Bonchev–Trinajstić information content (AvgIpc) is 3.68. The van der Waals surface area contributed by atoms with Crippen LogP contribution in [0.15, 0.2) is 148 Å². The van der Waals surface area contributed by atoms with Gasteiger partial charge in [-0.25, -0.2) is 0 Å². The molecule has 0 amide bonds. The molecule has 1 aliphatic heterocycles. The molecule has 200 valence electrons. The van der Waals surface area contributed by atoms with E-state index < -0.39 is 7.44 Å². The SMILES string of the molecule is O=P1(c2ccccc2)N(c2ccc3oc4ccccc4c3c2)c2ccccc2N1c1ccc2oc3ccccc3c2c1. The van der Waals surface area contributed by atoms with Gasteiger partial charge in [-0.1, -0.05) is 66.7 Å². The first kappa shape index (κ1) is 23.5. The Morgan fingerprint density at radius 2 is 0.857 bits per heavy atom. The highest BCUT2D eigenvalue weighted by Gasteiger charge is 2.49. The molecular weight excluding hydrogens is 539 g/mol. The highest BCUT2D eigenvalue weighted by Crippen LogP contribution is 2.70. The molecule has 0 atom stereocenters. The first-order valence-electron chi connectivity index (χ1n) is 13.9. The fourth-order valence-corrected chi connectivity index (χ4v) is 9.34. The van der Waals surface area contributed by atoms with Gasteiger partial charge in [-0.3, -0.25) is 13.9 Å². The van der Waals surface area contributed by atoms with Crippen molar-refractivity contribution in [1.82, 2.24) is 0 Å². The highest BCUT2D eigenvalue weighted by molar-refractivity contribution is 7.76. The normalized spacial score (nSPS) is 14.4. The molecule has 9 rings (SSSR count). The van der Waals surface area contributed by atoms with Gasteiger partial charge in [0, 0.05) is 21.5 Å². The standard InChI is InChI=1S/C36H23N2O3P/c39-42(26-10-2-1-3-11-26)37(24-18-20-35-29(22-24)27-12-4-8-16-33(27)40-35)31-14-6-7-15-32(31)38(42)25-19-21-36-30(23-25)28-13-5-9-17-34(28)41-36/h1-23H. The molecule has 6 aromatic carbocycles. The quantitative estimate of drug-likeness (QED) is 0.201. The van der Waals surface area contributed by atoms with Gasteiger partial charge < -0.3 is 8.83 Å². The molecule has 0 unspecified atom stereocenters. The number of anilines is 4. The Kier molecular flexibility index (Phi) is 4.82. The molecule has 5 nitrogen and oxygen atoms in total. The molecule has 0 N–H and O–H groups in total. The minimum atomic E-state index is -3.50. The van der Waals surface area contributed by atoms with Crippen LogP contribution in [0.4, 0.5) is 22.7 Å². The fraction of sp³-hybridized carbons (Fsp3) is 0. The van der Waals surface area contributed by atoms with E-state index in [1.165, 1.54) is 0 Å². The summed E-state index contributed by atoms with van der Waals surface area (Å²) >= 11 is 0.